The minimum atomic E-state index is -1.01. The van der Waals surface area contributed by atoms with Crippen LogP contribution in [0, 0.1) is 5.82 Å². The van der Waals surface area contributed by atoms with Crippen molar-refractivity contribution >= 4 is 5.97 Å². The number of aliphatic carboxylic acids is 1. The van der Waals surface area contributed by atoms with Crippen molar-refractivity contribution in [2.45, 2.75) is 43.9 Å². The summed E-state index contributed by atoms with van der Waals surface area (Å²) in [5.41, 5.74) is -0.656. The van der Waals surface area contributed by atoms with Gasteiger partial charge in [-0.15, -0.1) is 0 Å². The first-order valence-corrected chi connectivity index (χ1v) is 6.15. The fraction of sp³-hybridized carbons (Fsp3) is 0.500. The Hall–Kier alpha value is -1.38. The molecular weight excluding hydrogens is 219 g/mol. The van der Waals surface area contributed by atoms with E-state index in [1.807, 2.05) is 0 Å². The zero-order valence-corrected chi connectivity index (χ0v) is 9.79. The second-order valence-electron chi connectivity index (χ2n) is 4.78. The summed E-state index contributed by atoms with van der Waals surface area (Å²) < 4.78 is 13.8. The zero-order chi connectivity index (χ0) is 12.3. The van der Waals surface area contributed by atoms with E-state index >= 15 is 0 Å². The predicted molar refractivity (Wildman–Crippen MR) is 63.4 cm³/mol. The highest BCUT2D eigenvalue weighted by Crippen LogP contribution is 2.39. The molecule has 1 saturated carbocycles. The molecule has 0 unspecified atom stereocenters. The van der Waals surface area contributed by atoms with Crippen LogP contribution >= 0.6 is 0 Å². The molecule has 0 aromatic heterocycles. The summed E-state index contributed by atoms with van der Waals surface area (Å²) in [5, 5.41) is 9.52. The molecule has 0 heterocycles. The standard InChI is InChI=1S/C14H17FO2/c15-12-8-4-3-7-11(12)14(13(16)17)9-5-1-2-6-10-14/h3-4,7-8H,1-2,5-6,9-10H2,(H,16,17). The summed E-state index contributed by atoms with van der Waals surface area (Å²) in [6, 6.07) is 6.29. The summed E-state index contributed by atoms with van der Waals surface area (Å²) in [6.45, 7) is 0. The lowest BCUT2D eigenvalue weighted by Crippen LogP contribution is -2.36. The summed E-state index contributed by atoms with van der Waals surface area (Å²) in [6.07, 6.45) is 4.90. The molecule has 0 bridgehead atoms. The van der Waals surface area contributed by atoms with Crippen LogP contribution in [0.15, 0.2) is 24.3 Å². The van der Waals surface area contributed by atoms with E-state index in [9.17, 15) is 14.3 Å². The van der Waals surface area contributed by atoms with Gasteiger partial charge in [0.05, 0.1) is 5.41 Å². The van der Waals surface area contributed by atoms with Crippen LogP contribution in [-0.4, -0.2) is 11.1 Å². The molecule has 17 heavy (non-hydrogen) atoms. The first kappa shape index (κ1) is 12.1. The lowest BCUT2D eigenvalue weighted by Gasteiger charge is -2.28. The topological polar surface area (TPSA) is 37.3 Å². The van der Waals surface area contributed by atoms with Crippen LogP contribution in [0.2, 0.25) is 0 Å². The highest BCUT2D eigenvalue weighted by atomic mass is 19.1. The Morgan fingerprint density at radius 2 is 1.71 bits per heavy atom. The van der Waals surface area contributed by atoms with E-state index in [-0.39, 0.29) is 0 Å². The van der Waals surface area contributed by atoms with Gasteiger partial charge in [0.25, 0.3) is 0 Å². The van der Waals surface area contributed by atoms with Gasteiger partial charge >= 0.3 is 5.97 Å². The summed E-state index contributed by atoms with van der Waals surface area (Å²) in [7, 11) is 0. The van der Waals surface area contributed by atoms with Gasteiger partial charge in [-0.05, 0) is 18.9 Å². The Kier molecular flexibility index (Phi) is 3.46. The lowest BCUT2D eigenvalue weighted by atomic mass is 9.74. The molecule has 1 aromatic rings. The van der Waals surface area contributed by atoms with Gasteiger partial charge in [-0.2, -0.15) is 0 Å². The first-order valence-electron chi connectivity index (χ1n) is 6.15. The van der Waals surface area contributed by atoms with Crippen LogP contribution in [0.25, 0.3) is 0 Å². The predicted octanol–water partition coefficient (Wildman–Crippen LogP) is 3.50. The van der Waals surface area contributed by atoms with Crippen molar-refractivity contribution in [3.05, 3.63) is 35.6 Å². The molecule has 0 spiro atoms. The number of benzene rings is 1. The van der Waals surface area contributed by atoms with Crippen molar-refractivity contribution in [3.63, 3.8) is 0 Å². The SMILES string of the molecule is O=C(O)C1(c2ccccc2F)CCCCCC1. The van der Waals surface area contributed by atoms with Crippen molar-refractivity contribution < 1.29 is 14.3 Å². The lowest BCUT2D eigenvalue weighted by molar-refractivity contribution is -0.144. The molecule has 92 valence electrons. The number of halogens is 1. The van der Waals surface area contributed by atoms with Crippen LogP contribution in [0.5, 0.6) is 0 Å². The molecule has 2 nitrogen and oxygen atoms in total. The van der Waals surface area contributed by atoms with Crippen molar-refractivity contribution in [2.75, 3.05) is 0 Å². The number of hydrogen-bond donors (Lipinski definition) is 1. The van der Waals surface area contributed by atoms with Crippen LogP contribution < -0.4 is 0 Å². The maximum atomic E-state index is 13.8. The molecule has 0 amide bonds. The Morgan fingerprint density at radius 1 is 1.12 bits per heavy atom. The van der Waals surface area contributed by atoms with Crippen LogP contribution in [-0.2, 0) is 10.2 Å². The summed E-state index contributed by atoms with van der Waals surface area (Å²) in [4.78, 5) is 11.6. The van der Waals surface area contributed by atoms with E-state index in [2.05, 4.69) is 0 Å². The second kappa shape index (κ2) is 4.86. The average molecular weight is 236 g/mol. The molecule has 1 aliphatic rings. The molecule has 1 fully saturated rings. The molecule has 0 atom stereocenters. The van der Waals surface area contributed by atoms with Crippen LogP contribution in [0.1, 0.15) is 44.1 Å². The van der Waals surface area contributed by atoms with Crippen molar-refractivity contribution in [1.29, 1.82) is 0 Å². The van der Waals surface area contributed by atoms with Gasteiger partial charge < -0.3 is 5.11 Å². The van der Waals surface area contributed by atoms with Crippen LogP contribution in [0.4, 0.5) is 4.39 Å². The maximum Gasteiger partial charge on any atom is 0.314 e. The number of carboxylic acids is 1. The molecule has 1 aliphatic carbocycles. The third-order valence-corrected chi connectivity index (χ3v) is 3.76. The van der Waals surface area contributed by atoms with Gasteiger partial charge in [-0.1, -0.05) is 43.9 Å². The molecule has 0 saturated heterocycles. The Labute approximate surface area is 100 Å². The molecule has 0 radical (unpaired) electrons. The van der Waals surface area contributed by atoms with Crippen molar-refractivity contribution in [2.24, 2.45) is 0 Å². The Balaban J connectivity index is 2.46. The number of rotatable bonds is 2. The monoisotopic (exact) mass is 236 g/mol. The van der Waals surface area contributed by atoms with E-state index in [0.717, 1.165) is 25.7 Å². The summed E-state index contributed by atoms with van der Waals surface area (Å²) in [5.74, 6) is -1.28. The molecule has 0 aliphatic heterocycles. The maximum absolute atomic E-state index is 13.8. The number of hydrogen-bond acceptors (Lipinski definition) is 1. The number of carbonyl (C=O) groups is 1. The van der Waals surface area contributed by atoms with Crippen LogP contribution in [0.3, 0.4) is 0 Å². The van der Waals surface area contributed by atoms with Crippen molar-refractivity contribution in [1.82, 2.24) is 0 Å². The minimum absolute atomic E-state index is 0.356. The smallest absolute Gasteiger partial charge is 0.314 e. The van der Waals surface area contributed by atoms with E-state index in [0.29, 0.717) is 18.4 Å². The normalized spacial score (nSPS) is 19.6. The van der Waals surface area contributed by atoms with E-state index in [1.165, 1.54) is 6.07 Å². The van der Waals surface area contributed by atoms with E-state index in [4.69, 9.17) is 0 Å². The fourth-order valence-electron chi connectivity index (χ4n) is 2.78. The third-order valence-electron chi connectivity index (χ3n) is 3.76. The molecule has 2 rings (SSSR count). The Morgan fingerprint density at radius 3 is 2.24 bits per heavy atom. The molecule has 1 aromatic carbocycles. The largest absolute Gasteiger partial charge is 0.481 e. The van der Waals surface area contributed by atoms with E-state index in [1.54, 1.807) is 18.2 Å². The molecule has 1 N–H and O–H groups in total. The summed E-state index contributed by atoms with van der Waals surface area (Å²) >= 11 is 0. The van der Waals surface area contributed by atoms with Crippen molar-refractivity contribution in [3.8, 4) is 0 Å². The second-order valence-corrected chi connectivity index (χ2v) is 4.78. The number of carboxylic acid groups (broad SMARTS) is 1. The van der Waals surface area contributed by atoms with Gasteiger partial charge in [0.15, 0.2) is 0 Å². The van der Waals surface area contributed by atoms with Gasteiger partial charge in [0, 0.05) is 5.56 Å². The zero-order valence-electron chi connectivity index (χ0n) is 9.79. The van der Waals surface area contributed by atoms with Gasteiger partial charge in [-0.3, -0.25) is 4.79 Å². The first-order chi connectivity index (χ1) is 8.17. The van der Waals surface area contributed by atoms with Gasteiger partial charge in [0.2, 0.25) is 0 Å². The quantitative estimate of drug-likeness (QED) is 0.798. The fourth-order valence-corrected chi connectivity index (χ4v) is 2.78. The van der Waals surface area contributed by atoms with Gasteiger partial charge in [-0.25, -0.2) is 4.39 Å². The molecule has 3 heteroatoms. The highest BCUT2D eigenvalue weighted by molar-refractivity contribution is 5.81. The molecular formula is C14H17FO2. The highest BCUT2D eigenvalue weighted by Gasteiger charge is 2.41. The third kappa shape index (κ3) is 2.19. The average Bonchev–Trinajstić information content (AvgIpc) is 2.56. The van der Waals surface area contributed by atoms with Gasteiger partial charge in [0.1, 0.15) is 5.82 Å². The Bertz CT molecular complexity index is 406. The van der Waals surface area contributed by atoms with E-state index < -0.39 is 17.2 Å². The minimum Gasteiger partial charge on any atom is -0.481 e.